The molecule has 0 radical (unpaired) electrons. The molecule has 0 aliphatic carbocycles. The Morgan fingerprint density at radius 1 is 1.47 bits per heavy atom. The molecular weight excluding hydrogens is 214 g/mol. The molecule has 0 saturated carbocycles. The van der Waals surface area contributed by atoms with Crippen molar-refractivity contribution in [3.05, 3.63) is 24.0 Å². The Morgan fingerprint density at radius 3 is 2.76 bits per heavy atom. The number of anilines is 1. The number of pyridine rings is 1. The zero-order chi connectivity index (χ0) is 12.7. The molecule has 1 heterocycles. The van der Waals surface area contributed by atoms with Crippen molar-refractivity contribution in [2.45, 2.75) is 25.8 Å². The van der Waals surface area contributed by atoms with E-state index < -0.39 is 0 Å². The monoisotopic (exact) mass is 237 g/mol. The van der Waals surface area contributed by atoms with E-state index in [-0.39, 0.29) is 6.04 Å². The third kappa shape index (κ3) is 4.32. The molecule has 4 heteroatoms. The van der Waals surface area contributed by atoms with Gasteiger partial charge in [-0.15, -0.1) is 0 Å². The van der Waals surface area contributed by atoms with Gasteiger partial charge < -0.3 is 15.4 Å². The quantitative estimate of drug-likeness (QED) is 0.737. The Hall–Kier alpha value is -1.13. The molecule has 1 aromatic heterocycles. The minimum absolute atomic E-state index is 0.0443. The van der Waals surface area contributed by atoms with Crippen molar-refractivity contribution in [1.29, 1.82) is 0 Å². The van der Waals surface area contributed by atoms with Gasteiger partial charge in [0.05, 0.1) is 17.6 Å². The fourth-order valence-electron chi connectivity index (χ4n) is 1.63. The first-order chi connectivity index (χ1) is 8.19. The minimum atomic E-state index is 0.0443. The number of nitrogens with zero attached hydrogens (tertiary/aromatic N) is 2. The molecule has 17 heavy (non-hydrogen) atoms. The predicted octanol–water partition coefficient (Wildman–Crippen LogP) is 1.96. The molecule has 1 unspecified atom stereocenters. The molecular formula is C13H23N3O. The maximum Gasteiger partial charge on any atom is 0.0572 e. The summed E-state index contributed by atoms with van der Waals surface area (Å²) in [6, 6.07) is 4.13. The summed E-state index contributed by atoms with van der Waals surface area (Å²) in [6.45, 7) is 3.82. The van der Waals surface area contributed by atoms with Crippen molar-refractivity contribution < 1.29 is 4.74 Å². The largest absolute Gasteiger partial charge is 0.385 e. The van der Waals surface area contributed by atoms with Gasteiger partial charge in [-0.2, -0.15) is 0 Å². The van der Waals surface area contributed by atoms with Crippen LogP contribution in [0, 0.1) is 0 Å². The second-order valence-electron chi connectivity index (χ2n) is 4.22. The lowest BCUT2D eigenvalue weighted by Crippen LogP contribution is -2.20. The Bertz CT molecular complexity index is 313. The SMILES string of the molecule is CCC(N)c1ccc(N(C)CCCOC)cn1. The Morgan fingerprint density at radius 2 is 2.24 bits per heavy atom. The van der Waals surface area contributed by atoms with Crippen molar-refractivity contribution >= 4 is 5.69 Å². The number of hydrogen-bond donors (Lipinski definition) is 1. The first-order valence-electron chi connectivity index (χ1n) is 6.10. The van der Waals surface area contributed by atoms with E-state index in [4.69, 9.17) is 10.5 Å². The van der Waals surface area contributed by atoms with Crippen molar-refractivity contribution in [2.75, 3.05) is 32.2 Å². The molecule has 2 N–H and O–H groups in total. The highest BCUT2D eigenvalue weighted by molar-refractivity contribution is 5.43. The maximum absolute atomic E-state index is 5.93. The van der Waals surface area contributed by atoms with E-state index in [0.717, 1.165) is 37.4 Å². The van der Waals surface area contributed by atoms with Crippen LogP contribution in [-0.4, -0.2) is 32.3 Å². The summed E-state index contributed by atoms with van der Waals surface area (Å²) in [5.41, 5.74) is 8.00. The molecule has 0 bridgehead atoms. The number of ether oxygens (including phenoxy) is 1. The molecule has 0 aliphatic rings. The van der Waals surface area contributed by atoms with Crippen LogP contribution in [0.2, 0.25) is 0 Å². The molecule has 0 amide bonds. The van der Waals surface area contributed by atoms with Crippen LogP contribution in [-0.2, 0) is 4.74 Å². The second-order valence-corrected chi connectivity index (χ2v) is 4.22. The Balaban J connectivity index is 2.54. The molecule has 96 valence electrons. The number of hydrogen-bond acceptors (Lipinski definition) is 4. The van der Waals surface area contributed by atoms with E-state index in [1.807, 2.05) is 12.3 Å². The lowest BCUT2D eigenvalue weighted by atomic mass is 10.1. The number of aromatic nitrogens is 1. The van der Waals surface area contributed by atoms with Crippen molar-refractivity contribution in [1.82, 2.24) is 4.98 Å². The molecule has 0 fully saturated rings. The molecule has 0 aromatic carbocycles. The van der Waals surface area contributed by atoms with E-state index in [1.54, 1.807) is 7.11 Å². The lowest BCUT2D eigenvalue weighted by molar-refractivity contribution is 0.196. The lowest BCUT2D eigenvalue weighted by Gasteiger charge is -2.19. The summed E-state index contributed by atoms with van der Waals surface area (Å²) in [6.07, 6.45) is 3.82. The predicted molar refractivity (Wildman–Crippen MR) is 71.2 cm³/mol. The first-order valence-corrected chi connectivity index (χ1v) is 6.10. The van der Waals surface area contributed by atoms with Gasteiger partial charge in [0.15, 0.2) is 0 Å². The standard InChI is InChI=1S/C13H23N3O/c1-4-12(14)13-7-6-11(10-15-13)16(2)8-5-9-17-3/h6-7,10,12H,4-5,8-9,14H2,1-3H3. The van der Waals surface area contributed by atoms with Crippen LogP contribution in [0.3, 0.4) is 0 Å². The molecule has 0 saturated heterocycles. The topological polar surface area (TPSA) is 51.4 Å². The van der Waals surface area contributed by atoms with E-state index in [1.165, 1.54) is 0 Å². The van der Waals surface area contributed by atoms with Gasteiger partial charge in [-0.3, -0.25) is 4.98 Å². The molecule has 0 aliphatic heterocycles. The zero-order valence-electron chi connectivity index (χ0n) is 11.0. The van der Waals surface area contributed by atoms with Crippen LogP contribution >= 0.6 is 0 Å². The van der Waals surface area contributed by atoms with E-state index >= 15 is 0 Å². The Kier molecular flexibility index (Phi) is 5.94. The van der Waals surface area contributed by atoms with E-state index in [9.17, 15) is 0 Å². The van der Waals surface area contributed by atoms with Crippen LogP contribution in [0.1, 0.15) is 31.5 Å². The van der Waals surface area contributed by atoms with Crippen LogP contribution in [0.5, 0.6) is 0 Å². The molecule has 0 spiro atoms. The summed E-state index contributed by atoms with van der Waals surface area (Å²) in [5, 5.41) is 0. The average molecular weight is 237 g/mol. The summed E-state index contributed by atoms with van der Waals surface area (Å²) >= 11 is 0. The molecule has 1 aromatic rings. The van der Waals surface area contributed by atoms with Gasteiger partial charge in [-0.05, 0) is 25.0 Å². The smallest absolute Gasteiger partial charge is 0.0572 e. The van der Waals surface area contributed by atoms with Gasteiger partial charge in [-0.1, -0.05) is 6.92 Å². The third-order valence-corrected chi connectivity index (χ3v) is 2.87. The van der Waals surface area contributed by atoms with Gasteiger partial charge in [0.25, 0.3) is 0 Å². The normalized spacial score (nSPS) is 12.5. The molecule has 1 atom stereocenters. The zero-order valence-corrected chi connectivity index (χ0v) is 11.0. The highest BCUT2D eigenvalue weighted by atomic mass is 16.5. The minimum Gasteiger partial charge on any atom is -0.385 e. The van der Waals surface area contributed by atoms with Gasteiger partial charge in [-0.25, -0.2) is 0 Å². The first kappa shape index (κ1) is 13.9. The van der Waals surface area contributed by atoms with Crippen LogP contribution in [0.4, 0.5) is 5.69 Å². The third-order valence-electron chi connectivity index (χ3n) is 2.87. The number of methoxy groups -OCH3 is 1. The highest BCUT2D eigenvalue weighted by Crippen LogP contribution is 2.16. The Labute approximate surface area is 104 Å². The summed E-state index contributed by atoms with van der Waals surface area (Å²) in [5.74, 6) is 0. The fraction of sp³-hybridized carbons (Fsp3) is 0.615. The number of nitrogens with two attached hydrogens (primary N) is 1. The summed E-state index contributed by atoms with van der Waals surface area (Å²) in [7, 11) is 3.79. The second kappa shape index (κ2) is 7.25. The fourth-order valence-corrected chi connectivity index (χ4v) is 1.63. The van der Waals surface area contributed by atoms with Crippen molar-refractivity contribution in [3.8, 4) is 0 Å². The molecule has 4 nitrogen and oxygen atoms in total. The highest BCUT2D eigenvalue weighted by Gasteiger charge is 2.06. The average Bonchev–Trinajstić information content (AvgIpc) is 2.38. The maximum atomic E-state index is 5.93. The van der Waals surface area contributed by atoms with E-state index in [0.29, 0.717) is 0 Å². The van der Waals surface area contributed by atoms with Gasteiger partial charge >= 0.3 is 0 Å². The summed E-state index contributed by atoms with van der Waals surface area (Å²) < 4.78 is 5.03. The van der Waals surface area contributed by atoms with Crippen molar-refractivity contribution in [2.24, 2.45) is 5.73 Å². The van der Waals surface area contributed by atoms with E-state index in [2.05, 4.69) is 29.9 Å². The summed E-state index contributed by atoms with van der Waals surface area (Å²) in [4.78, 5) is 6.57. The van der Waals surface area contributed by atoms with Gasteiger partial charge in [0.2, 0.25) is 0 Å². The van der Waals surface area contributed by atoms with Crippen LogP contribution < -0.4 is 10.6 Å². The van der Waals surface area contributed by atoms with Crippen LogP contribution in [0.15, 0.2) is 18.3 Å². The number of rotatable bonds is 7. The molecule has 1 rings (SSSR count). The van der Waals surface area contributed by atoms with Crippen molar-refractivity contribution in [3.63, 3.8) is 0 Å². The van der Waals surface area contributed by atoms with Gasteiger partial charge in [0, 0.05) is 33.4 Å². The van der Waals surface area contributed by atoms with Gasteiger partial charge in [0.1, 0.15) is 0 Å². The van der Waals surface area contributed by atoms with Crippen LogP contribution in [0.25, 0.3) is 0 Å².